The quantitative estimate of drug-likeness (QED) is 0.173. The number of benzene rings is 1. The number of aryl methyl sites for hydroxylation is 1. The van der Waals surface area contributed by atoms with E-state index >= 15 is 13.2 Å². The average molecular weight is 465 g/mol. The molecule has 2 rings (SSSR count). The molecule has 0 spiro atoms. The second-order valence-corrected chi connectivity index (χ2v) is 6.98. The third kappa shape index (κ3) is 6.39. The molecule has 1 aromatic carbocycles. The number of aromatic nitrogens is 1. The number of guanidine groups is 1. The average Bonchev–Trinajstić information content (AvgIpc) is 2.73. The molecule has 0 atom stereocenters. The fourth-order valence-electron chi connectivity index (χ4n) is 2.99. The van der Waals surface area contributed by atoms with Crippen LogP contribution in [0.1, 0.15) is 22.5 Å². The highest BCUT2D eigenvalue weighted by atomic mass is 19.3. The van der Waals surface area contributed by atoms with Gasteiger partial charge in [-0.3, -0.25) is 4.79 Å². The molecule has 0 unspecified atom stereocenters. The number of nitriles is 1. The summed E-state index contributed by atoms with van der Waals surface area (Å²) in [6.07, 6.45) is -0.614. The molecular formula is C20H22F3N7O3. The molecule has 0 radical (unpaired) electrons. The van der Waals surface area contributed by atoms with Crippen LogP contribution in [0.25, 0.3) is 0 Å². The summed E-state index contributed by atoms with van der Waals surface area (Å²) in [5.74, 6) is -6.88. The van der Waals surface area contributed by atoms with Crippen LogP contribution in [0.4, 0.5) is 18.9 Å². The number of amides is 1. The SMILES string of the molecule is Cc1ccc(O)c(C(F)(F)CN(CCON=C(N)N)c2ccc(C#N)c(CC(N)=O)c2F)n1. The maximum atomic E-state index is 15.3. The lowest BCUT2D eigenvalue weighted by Crippen LogP contribution is -2.39. The third-order valence-electron chi connectivity index (χ3n) is 4.41. The molecule has 0 saturated carbocycles. The van der Waals surface area contributed by atoms with E-state index in [1.54, 1.807) is 6.07 Å². The fourth-order valence-corrected chi connectivity index (χ4v) is 2.99. The Labute approximate surface area is 187 Å². The van der Waals surface area contributed by atoms with Gasteiger partial charge in [-0.25, -0.2) is 9.37 Å². The van der Waals surface area contributed by atoms with Crippen LogP contribution in [0.3, 0.4) is 0 Å². The van der Waals surface area contributed by atoms with Gasteiger partial charge >= 0.3 is 5.92 Å². The highest BCUT2D eigenvalue weighted by molar-refractivity contribution is 5.78. The number of carbonyl (C=O) groups excluding carboxylic acids is 1. The van der Waals surface area contributed by atoms with Crippen LogP contribution in [0.5, 0.6) is 5.75 Å². The van der Waals surface area contributed by atoms with Gasteiger partial charge in [0.15, 0.2) is 11.5 Å². The molecule has 33 heavy (non-hydrogen) atoms. The molecule has 10 nitrogen and oxygen atoms in total. The summed E-state index contributed by atoms with van der Waals surface area (Å²) in [6, 6.07) is 6.45. The number of hydrogen-bond donors (Lipinski definition) is 4. The van der Waals surface area contributed by atoms with Gasteiger partial charge in [0.1, 0.15) is 12.4 Å². The zero-order valence-electron chi connectivity index (χ0n) is 17.6. The summed E-state index contributed by atoms with van der Waals surface area (Å²) in [5.41, 5.74) is 13.9. The number of rotatable bonds is 10. The van der Waals surface area contributed by atoms with E-state index in [1.807, 2.05) is 0 Å². The standard InChI is InChI=1S/C20H22F3N7O3/c1-11-2-5-15(31)18(28-11)20(22,23)10-30(6-7-33-29-19(26)27)14-4-3-12(9-24)13(17(14)21)8-16(25)32/h2-5,31H,6-8,10H2,1H3,(H2,25,32)(H4,26,27,29). The van der Waals surface area contributed by atoms with E-state index in [0.717, 1.165) is 17.0 Å². The van der Waals surface area contributed by atoms with Crippen LogP contribution in [0.15, 0.2) is 29.4 Å². The molecule has 0 fully saturated rings. The van der Waals surface area contributed by atoms with Gasteiger partial charge in [-0.15, -0.1) is 0 Å². The van der Waals surface area contributed by atoms with Crippen molar-refractivity contribution in [2.75, 3.05) is 24.6 Å². The van der Waals surface area contributed by atoms with Crippen LogP contribution in [-0.4, -0.2) is 41.7 Å². The normalized spacial score (nSPS) is 10.9. The first kappa shape index (κ1) is 25.1. The van der Waals surface area contributed by atoms with E-state index in [2.05, 4.69) is 10.1 Å². The highest BCUT2D eigenvalue weighted by Gasteiger charge is 2.39. The Morgan fingerprint density at radius 3 is 2.61 bits per heavy atom. The van der Waals surface area contributed by atoms with Crippen LogP contribution in [0, 0.1) is 24.1 Å². The Morgan fingerprint density at radius 1 is 1.30 bits per heavy atom. The van der Waals surface area contributed by atoms with Crippen molar-refractivity contribution in [2.45, 2.75) is 19.3 Å². The minimum Gasteiger partial charge on any atom is -0.506 e. The smallest absolute Gasteiger partial charge is 0.310 e. The van der Waals surface area contributed by atoms with Crippen molar-refractivity contribution in [1.29, 1.82) is 5.26 Å². The van der Waals surface area contributed by atoms with Crippen LogP contribution >= 0.6 is 0 Å². The van der Waals surface area contributed by atoms with E-state index in [9.17, 15) is 15.2 Å². The first-order valence-electron chi connectivity index (χ1n) is 9.46. The molecule has 1 heterocycles. The molecular weight excluding hydrogens is 443 g/mol. The Hall–Kier alpha value is -4.21. The molecule has 0 aliphatic carbocycles. The number of hydrogen-bond acceptors (Lipinski definition) is 7. The molecule has 0 bridgehead atoms. The maximum Gasteiger partial charge on any atom is 0.310 e. The number of nitrogens with two attached hydrogens (primary N) is 3. The number of aromatic hydroxyl groups is 1. The molecule has 1 aromatic heterocycles. The summed E-state index contributed by atoms with van der Waals surface area (Å²) >= 11 is 0. The number of nitrogens with zero attached hydrogens (tertiary/aromatic N) is 4. The molecule has 0 saturated heterocycles. The van der Waals surface area contributed by atoms with Gasteiger partial charge in [0, 0.05) is 11.3 Å². The minimum atomic E-state index is -3.74. The minimum absolute atomic E-state index is 0.170. The number of primary amides is 1. The van der Waals surface area contributed by atoms with E-state index < -0.39 is 48.0 Å². The number of pyridine rings is 1. The molecule has 0 aliphatic rings. The lowest BCUT2D eigenvalue weighted by atomic mass is 10.0. The number of alkyl halides is 2. The van der Waals surface area contributed by atoms with E-state index in [-0.39, 0.29) is 35.7 Å². The number of carbonyl (C=O) groups is 1. The lowest BCUT2D eigenvalue weighted by molar-refractivity contribution is -0.117. The second-order valence-electron chi connectivity index (χ2n) is 6.98. The van der Waals surface area contributed by atoms with Crippen molar-refractivity contribution in [3.05, 3.63) is 52.6 Å². The molecule has 0 aliphatic heterocycles. The summed E-state index contributed by atoms with van der Waals surface area (Å²) in [7, 11) is 0. The highest BCUT2D eigenvalue weighted by Crippen LogP contribution is 2.36. The van der Waals surface area contributed by atoms with Gasteiger partial charge < -0.3 is 32.0 Å². The Morgan fingerprint density at radius 2 is 2.00 bits per heavy atom. The zero-order valence-corrected chi connectivity index (χ0v) is 17.6. The van der Waals surface area contributed by atoms with Crippen LogP contribution < -0.4 is 22.1 Å². The molecule has 1 amide bonds. The van der Waals surface area contributed by atoms with Gasteiger partial charge in [-0.2, -0.15) is 14.0 Å². The van der Waals surface area contributed by atoms with E-state index in [1.165, 1.54) is 19.1 Å². The zero-order chi connectivity index (χ0) is 24.8. The van der Waals surface area contributed by atoms with E-state index in [4.69, 9.17) is 22.0 Å². The fraction of sp³-hybridized carbons (Fsp3) is 0.300. The molecule has 13 heteroatoms. The van der Waals surface area contributed by atoms with Gasteiger partial charge in [-0.05, 0) is 36.3 Å². The van der Waals surface area contributed by atoms with Gasteiger partial charge in [0.2, 0.25) is 11.9 Å². The maximum absolute atomic E-state index is 15.3. The van der Waals surface area contributed by atoms with Crippen molar-refractivity contribution in [2.24, 2.45) is 22.4 Å². The second kappa shape index (κ2) is 10.4. The summed E-state index contributed by atoms with van der Waals surface area (Å²) in [6.45, 7) is -0.332. The summed E-state index contributed by atoms with van der Waals surface area (Å²) in [4.78, 5) is 20.8. The monoisotopic (exact) mass is 465 g/mol. The number of anilines is 1. The largest absolute Gasteiger partial charge is 0.506 e. The topological polar surface area (TPSA) is 177 Å². The predicted molar refractivity (Wildman–Crippen MR) is 113 cm³/mol. The molecule has 176 valence electrons. The summed E-state index contributed by atoms with van der Waals surface area (Å²) in [5, 5.41) is 22.4. The van der Waals surface area contributed by atoms with Gasteiger partial charge in [0.05, 0.1) is 36.8 Å². The van der Waals surface area contributed by atoms with Crippen molar-refractivity contribution >= 4 is 17.6 Å². The van der Waals surface area contributed by atoms with Crippen molar-refractivity contribution < 1.29 is 27.9 Å². The van der Waals surface area contributed by atoms with Crippen molar-refractivity contribution in [1.82, 2.24) is 4.98 Å². The lowest BCUT2D eigenvalue weighted by Gasteiger charge is -2.30. The first-order valence-corrected chi connectivity index (χ1v) is 9.46. The van der Waals surface area contributed by atoms with Crippen molar-refractivity contribution in [3.63, 3.8) is 0 Å². The van der Waals surface area contributed by atoms with Crippen LogP contribution in [-0.2, 0) is 22.0 Å². The van der Waals surface area contributed by atoms with Crippen LogP contribution in [0.2, 0.25) is 0 Å². The van der Waals surface area contributed by atoms with Gasteiger partial charge in [0.25, 0.3) is 0 Å². The Kier molecular flexibility index (Phi) is 7.90. The molecule has 7 N–H and O–H groups in total. The van der Waals surface area contributed by atoms with Gasteiger partial charge in [-0.1, -0.05) is 0 Å². The van der Waals surface area contributed by atoms with E-state index in [0.29, 0.717) is 0 Å². The Balaban J connectivity index is 2.50. The first-order chi connectivity index (χ1) is 15.5. The third-order valence-corrected chi connectivity index (χ3v) is 4.41. The molecule has 2 aromatic rings. The number of halogens is 3. The van der Waals surface area contributed by atoms with Crippen molar-refractivity contribution in [3.8, 4) is 11.8 Å². The predicted octanol–water partition coefficient (Wildman–Crippen LogP) is 0.938. The summed E-state index contributed by atoms with van der Waals surface area (Å²) < 4.78 is 45.5. The Bertz CT molecular complexity index is 1100. The number of oxime groups is 1.